The summed E-state index contributed by atoms with van der Waals surface area (Å²) in [4.78, 5) is 11.2. The van der Waals surface area contributed by atoms with Crippen molar-refractivity contribution in [2.75, 3.05) is 6.61 Å². The van der Waals surface area contributed by atoms with Crippen molar-refractivity contribution < 1.29 is 13.9 Å². The first-order valence-electron chi connectivity index (χ1n) is 6.65. The van der Waals surface area contributed by atoms with Gasteiger partial charge in [-0.05, 0) is 31.0 Å². The van der Waals surface area contributed by atoms with Crippen LogP contribution in [0.5, 0.6) is 5.75 Å². The summed E-state index contributed by atoms with van der Waals surface area (Å²) < 4.78 is 19.5. The van der Waals surface area contributed by atoms with E-state index >= 15 is 0 Å². The molecule has 0 radical (unpaired) electrons. The Morgan fingerprint density at radius 2 is 1.85 bits per heavy atom. The molecule has 2 aromatic carbocycles. The molecular weight excluding hydrogens is 255 g/mol. The number of ketones is 1. The lowest BCUT2D eigenvalue weighted by atomic mass is 10.0. The minimum Gasteiger partial charge on any atom is -0.494 e. The van der Waals surface area contributed by atoms with Gasteiger partial charge >= 0.3 is 0 Å². The van der Waals surface area contributed by atoms with Crippen LogP contribution in [-0.2, 0) is 0 Å². The molecule has 0 heterocycles. The molecule has 2 aromatic rings. The van der Waals surface area contributed by atoms with Crippen LogP contribution in [0.15, 0.2) is 42.5 Å². The quantitative estimate of drug-likeness (QED) is 0.750. The number of carbonyl (C=O) groups is 1. The van der Waals surface area contributed by atoms with E-state index in [0.717, 1.165) is 12.0 Å². The zero-order valence-corrected chi connectivity index (χ0v) is 11.7. The van der Waals surface area contributed by atoms with Gasteiger partial charge in [0.05, 0.1) is 6.61 Å². The molecule has 0 fully saturated rings. The van der Waals surface area contributed by atoms with Gasteiger partial charge in [0, 0.05) is 17.2 Å². The summed E-state index contributed by atoms with van der Waals surface area (Å²) in [6.07, 6.45) is 0.885. The van der Waals surface area contributed by atoms with Crippen LogP contribution in [-0.4, -0.2) is 12.4 Å². The van der Waals surface area contributed by atoms with Crippen LogP contribution in [0.3, 0.4) is 0 Å². The minimum atomic E-state index is -0.325. The predicted molar refractivity (Wildman–Crippen MR) is 77.6 cm³/mol. The fourth-order valence-electron chi connectivity index (χ4n) is 1.92. The number of hydrogen-bond donors (Lipinski definition) is 0. The third-order valence-electron chi connectivity index (χ3n) is 3.02. The van der Waals surface area contributed by atoms with Gasteiger partial charge in [-0.1, -0.05) is 31.2 Å². The number of rotatable bonds is 5. The molecule has 0 unspecified atom stereocenters. The van der Waals surface area contributed by atoms with Crippen LogP contribution in [0.1, 0.15) is 30.6 Å². The van der Waals surface area contributed by atoms with Gasteiger partial charge in [-0.25, -0.2) is 4.39 Å². The maximum Gasteiger partial charge on any atom is 0.159 e. The van der Waals surface area contributed by atoms with Crippen molar-refractivity contribution in [2.45, 2.75) is 20.3 Å². The minimum absolute atomic E-state index is 0.000311. The van der Waals surface area contributed by atoms with Gasteiger partial charge in [0.2, 0.25) is 0 Å². The van der Waals surface area contributed by atoms with Gasteiger partial charge in [-0.2, -0.15) is 0 Å². The van der Waals surface area contributed by atoms with E-state index in [2.05, 4.69) is 0 Å². The van der Waals surface area contributed by atoms with Gasteiger partial charge in [0.25, 0.3) is 0 Å². The second-order valence-corrected chi connectivity index (χ2v) is 4.62. The maximum atomic E-state index is 14.1. The summed E-state index contributed by atoms with van der Waals surface area (Å²) in [6.45, 7) is 4.09. The molecule has 3 heteroatoms. The number of carbonyl (C=O) groups excluding carboxylic acids is 1. The Morgan fingerprint density at radius 3 is 2.40 bits per heavy atom. The van der Waals surface area contributed by atoms with Gasteiger partial charge < -0.3 is 4.74 Å². The SMILES string of the molecule is CCCOc1ccc(-c2ccc(C(C)=O)cc2)c(F)c1. The number of halogens is 1. The molecule has 0 saturated heterocycles. The summed E-state index contributed by atoms with van der Waals surface area (Å²) in [7, 11) is 0. The fourth-order valence-corrected chi connectivity index (χ4v) is 1.92. The molecule has 2 rings (SSSR count). The van der Waals surface area contributed by atoms with Crippen LogP contribution >= 0.6 is 0 Å². The molecule has 0 amide bonds. The van der Waals surface area contributed by atoms with Crippen molar-refractivity contribution in [3.8, 4) is 16.9 Å². The molecule has 0 N–H and O–H groups in total. The van der Waals surface area contributed by atoms with E-state index in [1.807, 2.05) is 6.92 Å². The zero-order valence-electron chi connectivity index (χ0n) is 11.7. The first-order chi connectivity index (χ1) is 9.61. The van der Waals surface area contributed by atoms with Gasteiger partial charge in [-0.3, -0.25) is 4.79 Å². The summed E-state index contributed by atoms with van der Waals surface area (Å²) in [5.74, 6) is 0.211. The third kappa shape index (κ3) is 3.23. The van der Waals surface area contributed by atoms with Gasteiger partial charge in [0.1, 0.15) is 11.6 Å². The summed E-state index contributed by atoms with van der Waals surface area (Å²) in [5.41, 5.74) is 1.87. The molecule has 20 heavy (non-hydrogen) atoms. The maximum absolute atomic E-state index is 14.1. The average molecular weight is 272 g/mol. The normalized spacial score (nSPS) is 10.3. The lowest BCUT2D eigenvalue weighted by Gasteiger charge is -2.08. The lowest BCUT2D eigenvalue weighted by molar-refractivity contribution is 0.101. The molecule has 0 atom stereocenters. The molecule has 104 valence electrons. The van der Waals surface area contributed by atoms with E-state index in [-0.39, 0.29) is 11.6 Å². The highest BCUT2D eigenvalue weighted by Crippen LogP contribution is 2.26. The largest absolute Gasteiger partial charge is 0.494 e. The average Bonchev–Trinajstić information content (AvgIpc) is 2.45. The third-order valence-corrected chi connectivity index (χ3v) is 3.02. The molecule has 0 aliphatic rings. The Kier molecular flexibility index (Phi) is 4.51. The monoisotopic (exact) mass is 272 g/mol. The standard InChI is InChI=1S/C17H17FO2/c1-3-10-20-15-8-9-16(17(18)11-15)14-6-4-13(5-7-14)12(2)19/h4-9,11H,3,10H2,1-2H3. The second kappa shape index (κ2) is 6.33. The number of ether oxygens (including phenoxy) is 1. The van der Waals surface area contributed by atoms with E-state index in [1.165, 1.54) is 13.0 Å². The highest BCUT2D eigenvalue weighted by atomic mass is 19.1. The fraction of sp³-hybridized carbons (Fsp3) is 0.235. The van der Waals surface area contributed by atoms with Crippen molar-refractivity contribution in [3.63, 3.8) is 0 Å². The predicted octanol–water partition coefficient (Wildman–Crippen LogP) is 4.48. The summed E-state index contributed by atoms with van der Waals surface area (Å²) in [5, 5.41) is 0. The van der Waals surface area contributed by atoms with E-state index in [9.17, 15) is 9.18 Å². The summed E-state index contributed by atoms with van der Waals surface area (Å²) in [6, 6.07) is 11.8. The molecule has 0 aliphatic carbocycles. The highest BCUT2D eigenvalue weighted by Gasteiger charge is 2.07. The van der Waals surface area contributed by atoms with Crippen LogP contribution in [0.25, 0.3) is 11.1 Å². The number of Topliss-reactive ketones (excluding diaryl/α,β-unsaturated/α-hetero) is 1. The highest BCUT2D eigenvalue weighted by molar-refractivity contribution is 5.94. The van der Waals surface area contributed by atoms with Crippen molar-refractivity contribution in [1.29, 1.82) is 0 Å². The number of hydrogen-bond acceptors (Lipinski definition) is 2. The first-order valence-corrected chi connectivity index (χ1v) is 6.65. The summed E-state index contributed by atoms with van der Waals surface area (Å²) >= 11 is 0. The zero-order chi connectivity index (χ0) is 14.5. The second-order valence-electron chi connectivity index (χ2n) is 4.62. The Hall–Kier alpha value is -2.16. The van der Waals surface area contributed by atoms with E-state index in [1.54, 1.807) is 36.4 Å². The van der Waals surface area contributed by atoms with Crippen LogP contribution in [0, 0.1) is 5.82 Å². The van der Waals surface area contributed by atoms with Gasteiger partial charge in [-0.15, -0.1) is 0 Å². The Balaban J connectivity index is 2.26. The smallest absolute Gasteiger partial charge is 0.159 e. The molecular formula is C17H17FO2. The van der Waals surface area contributed by atoms with Crippen LogP contribution < -0.4 is 4.74 Å². The van der Waals surface area contributed by atoms with E-state index < -0.39 is 0 Å². The molecule has 0 spiro atoms. The first kappa shape index (κ1) is 14.3. The van der Waals surface area contributed by atoms with Gasteiger partial charge in [0.15, 0.2) is 5.78 Å². The van der Waals surface area contributed by atoms with E-state index in [4.69, 9.17) is 4.74 Å². The van der Waals surface area contributed by atoms with Crippen LogP contribution in [0.4, 0.5) is 4.39 Å². The van der Waals surface area contributed by atoms with Crippen molar-refractivity contribution >= 4 is 5.78 Å². The topological polar surface area (TPSA) is 26.3 Å². The Morgan fingerprint density at radius 1 is 1.15 bits per heavy atom. The molecule has 0 aromatic heterocycles. The van der Waals surface area contributed by atoms with Crippen LogP contribution in [0.2, 0.25) is 0 Å². The molecule has 0 aliphatic heterocycles. The Bertz CT molecular complexity index is 603. The van der Waals surface area contributed by atoms with Crippen molar-refractivity contribution in [2.24, 2.45) is 0 Å². The molecule has 2 nitrogen and oxygen atoms in total. The van der Waals surface area contributed by atoms with Crippen molar-refractivity contribution in [1.82, 2.24) is 0 Å². The molecule has 0 saturated carbocycles. The number of benzene rings is 2. The van der Waals surface area contributed by atoms with Crippen molar-refractivity contribution in [3.05, 3.63) is 53.8 Å². The molecule has 0 bridgehead atoms. The Labute approximate surface area is 118 Å². The van der Waals surface area contributed by atoms with E-state index in [0.29, 0.717) is 23.5 Å². The lowest BCUT2D eigenvalue weighted by Crippen LogP contribution is -1.96.